The SMILES string of the molecule is COc1ccc(CC(=O)NCCNc2nc(C)cc(N3CCOCC3)n2)cc1. The molecular formula is C20H27N5O3. The zero-order valence-electron chi connectivity index (χ0n) is 16.4. The van der Waals surface area contributed by atoms with E-state index < -0.39 is 0 Å². The number of nitrogens with one attached hydrogen (secondary N) is 2. The fraction of sp³-hybridized carbons (Fsp3) is 0.450. The predicted molar refractivity (Wildman–Crippen MR) is 108 cm³/mol. The Kier molecular flexibility index (Phi) is 7.02. The van der Waals surface area contributed by atoms with Crippen LogP contribution in [-0.4, -0.2) is 62.4 Å². The topological polar surface area (TPSA) is 88.6 Å². The Morgan fingerprint density at radius 1 is 1.18 bits per heavy atom. The Balaban J connectivity index is 1.44. The molecule has 150 valence electrons. The van der Waals surface area contributed by atoms with Gasteiger partial charge in [-0.3, -0.25) is 4.79 Å². The van der Waals surface area contributed by atoms with Crippen molar-refractivity contribution in [3.63, 3.8) is 0 Å². The molecule has 0 spiro atoms. The summed E-state index contributed by atoms with van der Waals surface area (Å²) >= 11 is 0. The number of nitrogens with zero attached hydrogens (tertiary/aromatic N) is 3. The lowest BCUT2D eigenvalue weighted by Gasteiger charge is -2.28. The molecule has 2 aromatic rings. The quantitative estimate of drug-likeness (QED) is 0.664. The molecule has 1 fully saturated rings. The van der Waals surface area contributed by atoms with Crippen LogP contribution >= 0.6 is 0 Å². The molecule has 0 saturated carbocycles. The first kappa shape index (κ1) is 19.9. The third-order valence-electron chi connectivity index (χ3n) is 4.43. The lowest BCUT2D eigenvalue weighted by molar-refractivity contribution is -0.120. The van der Waals surface area contributed by atoms with E-state index in [0.29, 0.717) is 38.7 Å². The fourth-order valence-corrected chi connectivity index (χ4v) is 2.95. The van der Waals surface area contributed by atoms with Crippen LogP contribution in [0.2, 0.25) is 0 Å². The van der Waals surface area contributed by atoms with E-state index >= 15 is 0 Å². The van der Waals surface area contributed by atoms with E-state index in [0.717, 1.165) is 35.9 Å². The zero-order valence-corrected chi connectivity index (χ0v) is 16.4. The Hall–Kier alpha value is -2.87. The van der Waals surface area contributed by atoms with Crippen LogP contribution < -0.4 is 20.3 Å². The van der Waals surface area contributed by atoms with Crippen LogP contribution in [0, 0.1) is 6.92 Å². The minimum absolute atomic E-state index is 0.0221. The van der Waals surface area contributed by atoms with Crippen molar-refractivity contribution < 1.29 is 14.3 Å². The number of methoxy groups -OCH3 is 1. The first-order valence-corrected chi connectivity index (χ1v) is 9.46. The van der Waals surface area contributed by atoms with Crippen molar-refractivity contribution in [1.82, 2.24) is 15.3 Å². The van der Waals surface area contributed by atoms with Gasteiger partial charge in [-0.1, -0.05) is 12.1 Å². The molecule has 2 N–H and O–H groups in total. The maximum absolute atomic E-state index is 12.1. The van der Waals surface area contributed by atoms with E-state index in [1.807, 2.05) is 37.3 Å². The highest BCUT2D eigenvalue weighted by molar-refractivity contribution is 5.78. The molecule has 8 heteroatoms. The molecular weight excluding hydrogens is 358 g/mol. The number of hydrogen-bond donors (Lipinski definition) is 2. The number of carbonyl (C=O) groups excluding carboxylic acids is 1. The number of hydrogen-bond acceptors (Lipinski definition) is 7. The second-order valence-electron chi connectivity index (χ2n) is 6.59. The number of anilines is 2. The van der Waals surface area contributed by atoms with Crippen molar-refractivity contribution in [3.05, 3.63) is 41.6 Å². The van der Waals surface area contributed by atoms with Gasteiger partial charge in [0, 0.05) is 37.9 Å². The highest BCUT2D eigenvalue weighted by Crippen LogP contribution is 2.16. The van der Waals surface area contributed by atoms with Crippen molar-refractivity contribution in [2.24, 2.45) is 0 Å². The van der Waals surface area contributed by atoms with E-state index in [-0.39, 0.29) is 5.91 Å². The van der Waals surface area contributed by atoms with Gasteiger partial charge in [0.05, 0.1) is 26.7 Å². The monoisotopic (exact) mass is 385 g/mol. The molecule has 0 unspecified atom stereocenters. The number of rotatable bonds is 8. The molecule has 3 rings (SSSR count). The smallest absolute Gasteiger partial charge is 0.224 e. The molecule has 1 aromatic heterocycles. The molecule has 1 amide bonds. The van der Waals surface area contributed by atoms with Crippen LogP contribution in [0.25, 0.3) is 0 Å². The molecule has 0 atom stereocenters. The van der Waals surface area contributed by atoms with Crippen LogP contribution in [0.5, 0.6) is 5.75 Å². The highest BCUT2D eigenvalue weighted by atomic mass is 16.5. The Morgan fingerprint density at radius 2 is 1.93 bits per heavy atom. The number of ether oxygens (including phenoxy) is 2. The Bertz CT molecular complexity index is 776. The van der Waals surface area contributed by atoms with Gasteiger partial charge in [-0.25, -0.2) is 4.98 Å². The lowest BCUT2D eigenvalue weighted by Crippen LogP contribution is -2.37. The number of aryl methyl sites for hydroxylation is 1. The summed E-state index contributed by atoms with van der Waals surface area (Å²) in [6.07, 6.45) is 0.339. The van der Waals surface area contributed by atoms with Crippen LogP contribution in [0.15, 0.2) is 30.3 Å². The molecule has 1 aromatic carbocycles. The maximum Gasteiger partial charge on any atom is 0.224 e. The summed E-state index contributed by atoms with van der Waals surface area (Å²) < 4.78 is 10.5. The standard InChI is InChI=1S/C20H27N5O3/c1-15-13-18(25-9-11-28-12-10-25)24-20(23-15)22-8-7-21-19(26)14-16-3-5-17(27-2)6-4-16/h3-6,13H,7-12,14H2,1-2H3,(H,21,26)(H,22,23,24). The number of amides is 1. The molecule has 0 bridgehead atoms. The molecule has 1 saturated heterocycles. The van der Waals surface area contributed by atoms with Crippen LogP contribution in [0.1, 0.15) is 11.3 Å². The van der Waals surface area contributed by atoms with Crippen LogP contribution in [0.4, 0.5) is 11.8 Å². The summed E-state index contributed by atoms with van der Waals surface area (Å²) in [5.74, 6) is 2.24. The van der Waals surface area contributed by atoms with Gasteiger partial charge < -0.3 is 25.0 Å². The third kappa shape index (κ3) is 5.82. The van der Waals surface area contributed by atoms with E-state index in [2.05, 4.69) is 25.5 Å². The first-order chi connectivity index (χ1) is 13.6. The van der Waals surface area contributed by atoms with Crippen molar-refractivity contribution in [2.45, 2.75) is 13.3 Å². The Labute approximate surface area is 165 Å². The summed E-state index contributed by atoms with van der Waals surface area (Å²) in [4.78, 5) is 23.3. The maximum atomic E-state index is 12.1. The van der Waals surface area contributed by atoms with Gasteiger partial charge in [-0.15, -0.1) is 0 Å². The van der Waals surface area contributed by atoms with E-state index in [9.17, 15) is 4.79 Å². The van der Waals surface area contributed by atoms with Crippen molar-refractivity contribution >= 4 is 17.7 Å². The second kappa shape index (κ2) is 9.89. The predicted octanol–water partition coefficient (Wildman–Crippen LogP) is 1.40. The molecule has 2 heterocycles. The minimum Gasteiger partial charge on any atom is -0.497 e. The number of morpholine rings is 1. The summed E-state index contributed by atoms with van der Waals surface area (Å²) in [6.45, 7) is 6.10. The van der Waals surface area contributed by atoms with Crippen molar-refractivity contribution in [2.75, 3.05) is 56.7 Å². The largest absolute Gasteiger partial charge is 0.497 e. The molecule has 8 nitrogen and oxygen atoms in total. The molecule has 0 radical (unpaired) electrons. The zero-order chi connectivity index (χ0) is 19.8. The number of carbonyl (C=O) groups is 1. The number of benzene rings is 1. The average molecular weight is 385 g/mol. The normalized spacial score (nSPS) is 13.9. The summed E-state index contributed by atoms with van der Waals surface area (Å²) in [6, 6.07) is 9.47. The Morgan fingerprint density at radius 3 is 2.64 bits per heavy atom. The summed E-state index contributed by atoms with van der Waals surface area (Å²) in [5.41, 5.74) is 1.85. The fourth-order valence-electron chi connectivity index (χ4n) is 2.95. The minimum atomic E-state index is -0.0221. The van der Waals surface area contributed by atoms with E-state index in [1.165, 1.54) is 0 Å². The first-order valence-electron chi connectivity index (χ1n) is 9.46. The van der Waals surface area contributed by atoms with Gasteiger partial charge in [0.25, 0.3) is 0 Å². The van der Waals surface area contributed by atoms with Gasteiger partial charge in [-0.05, 0) is 24.6 Å². The van der Waals surface area contributed by atoms with Gasteiger partial charge in [0.1, 0.15) is 11.6 Å². The molecule has 0 aliphatic carbocycles. The molecule has 1 aliphatic heterocycles. The summed E-state index contributed by atoms with van der Waals surface area (Å²) in [7, 11) is 1.62. The van der Waals surface area contributed by atoms with Gasteiger partial charge in [0.15, 0.2) is 0 Å². The molecule has 1 aliphatic rings. The molecule has 28 heavy (non-hydrogen) atoms. The number of aromatic nitrogens is 2. The van der Waals surface area contributed by atoms with E-state index in [4.69, 9.17) is 9.47 Å². The average Bonchev–Trinajstić information content (AvgIpc) is 2.72. The van der Waals surface area contributed by atoms with Crippen LogP contribution in [-0.2, 0) is 16.0 Å². The van der Waals surface area contributed by atoms with Crippen molar-refractivity contribution in [1.29, 1.82) is 0 Å². The van der Waals surface area contributed by atoms with Gasteiger partial charge >= 0.3 is 0 Å². The second-order valence-corrected chi connectivity index (χ2v) is 6.59. The van der Waals surface area contributed by atoms with Gasteiger partial charge in [-0.2, -0.15) is 4.98 Å². The highest BCUT2D eigenvalue weighted by Gasteiger charge is 2.14. The van der Waals surface area contributed by atoms with Crippen LogP contribution in [0.3, 0.4) is 0 Å². The summed E-state index contributed by atoms with van der Waals surface area (Å²) in [5, 5.41) is 6.10. The third-order valence-corrected chi connectivity index (χ3v) is 4.43. The van der Waals surface area contributed by atoms with E-state index in [1.54, 1.807) is 7.11 Å². The van der Waals surface area contributed by atoms with Crippen molar-refractivity contribution in [3.8, 4) is 5.75 Å². The lowest BCUT2D eigenvalue weighted by atomic mass is 10.1. The van der Waals surface area contributed by atoms with Gasteiger partial charge in [0.2, 0.25) is 11.9 Å².